The van der Waals surface area contributed by atoms with Gasteiger partial charge < -0.3 is 9.15 Å². The van der Waals surface area contributed by atoms with Gasteiger partial charge in [-0.1, -0.05) is 37.2 Å². The summed E-state index contributed by atoms with van der Waals surface area (Å²) in [5, 5.41) is 1.24. The number of thioether (sulfide) groups is 1. The van der Waals surface area contributed by atoms with Crippen molar-refractivity contribution in [3.8, 4) is 0 Å². The summed E-state index contributed by atoms with van der Waals surface area (Å²) in [5.41, 5.74) is 1.04. The summed E-state index contributed by atoms with van der Waals surface area (Å²) in [5.74, 6) is 0.498. The second kappa shape index (κ2) is 8.90. The third-order valence-electron chi connectivity index (χ3n) is 4.14. The van der Waals surface area contributed by atoms with E-state index in [9.17, 15) is 9.59 Å². The number of nitrogens with zero attached hydrogens (tertiary/aromatic N) is 2. The maximum atomic E-state index is 12.9. The molecule has 3 aromatic rings. The Morgan fingerprint density at radius 2 is 2.07 bits per heavy atom. The molecule has 7 heteroatoms. The lowest BCUT2D eigenvalue weighted by Gasteiger charge is -2.12. The smallest absolute Gasteiger partial charge is 0.341 e. The van der Waals surface area contributed by atoms with Crippen molar-refractivity contribution in [1.82, 2.24) is 9.55 Å². The van der Waals surface area contributed by atoms with E-state index in [0.29, 0.717) is 46.3 Å². The molecule has 0 saturated heterocycles. The normalized spacial score (nSPS) is 11.0. The highest BCUT2D eigenvalue weighted by atomic mass is 32.2. The number of esters is 1. The van der Waals surface area contributed by atoms with Gasteiger partial charge in [-0.25, -0.2) is 9.78 Å². The molecule has 2 heterocycles. The van der Waals surface area contributed by atoms with Gasteiger partial charge in [-0.3, -0.25) is 9.36 Å². The van der Waals surface area contributed by atoms with Gasteiger partial charge in [0, 0.05) is 6.54 Å². The van der Waals surface area contributed by atoms with Gasteiger partial charge >= 0.3 is 5.97 Å². The number of para-hydroxylation sites is 1. The molecular formula is C20H22N2O4S. The van der Waals surface area contributed by atoms with Crippen molar-refractivity contribution >= 4 is 28.6 Å². The molecule has 142 valence electrons. The van der Waals surface area contributed by atoms with Crippen molar-refractivity contribution in [3.05, 3.63) is 58.3 Å². The Bertz CT molecular complexity index is 993. The molecule has 1 aromatic carbocycles. The second-order valence-electron chi connectivity index (χ2n) is 5.99. The fourth-order valence-corrected chi connectivity index (χ4v) is 3.72. The van der Waals surface area contributed by atoms with Gasteiger partial charge in [0.2, 0.25) is 0 Å². The summed E-state index contributed by atoms with van der Waals surface area (Å²) in [6, 6.07) is 8.95. The molecule has 0 amide bonds. The van der Waals surface area contributed by atoms with Crippen LogP contribution < -0.4 is 5.56 Å². The minimum absolute atomic E-state index is 0.0402. The van der Waals surface area contributed by atoms with Crippen LogP contribution in [0.4, 0.5) is 0 Å². The number of unbranched alkanes of at least 4 members (excludes halogenated alkanes) is 1. The number of hydrogen-bond donors (Lipinski definition) is 0. The molecule has 0 N–H and O–H groups in total. The van der Waals surface area contributed by atoms with E-state index in [4.69, 9.17) is 9.15 Å². The number of carbonyl (C=O) groups excluding carboxylic acids is 1. The minimum Gasteiger partial charge on any atom is -0.468 e. The molecule has 0 radical (unpaired) electrons. The van der Waals surface area contributed by atoms with Gasteiger partial charge in [-0.2, -0.15) is 0 Å². The molecule has 0 aliphatic heterocycles. The summed E-state index contributed by atoms with van der Waals surface area (Å²) in [7, 11) is 0. The third kappa shape index (κ3) is 4.24. The number of hydrogen-bond acceptors (Lipinski definition) is 6. The van der Waals surface area contributed by atoms with Gasteiger partial charge in [0.05, 0.1) is 29.5 Å². The Kier molecular flexibility index (Phi) is 6.34. The van der Waals surface area contributed by atoms with E-state index in [1.54, 1.807) is 23.6 Å². The van der Waals surface area contributed by atoms with Crippen molar-refractivity contribution in [1.29, 1.82) is 0 Å². The third-order valence-corrected chi connectivity index (χ3v) is 5.11. The highest BCUT2D eigenvalue weighted by Crippen LogP contribution is 2.25. The Morgan fingerprint density at radius 3 is 2.85 bits per heavy atom. The van der Waals surface area contributed by atoms with Crippen LogP contribution in [0.15, 0.2) is 51.0 Å². The van der Waals surface area contributed by atoms with Gasteiger partial charge in [-0.05, 0) is 31.5 Å². The molecule has 0 fully saturated rings. The minimum atomic E-state index is -0.406. The van der Waals surface area contributed by atoms with Gasteiger partial charge in [0.1, 0.15) is 11.3 Å². The fourth-order valence-electron chi connectivity index (χ4n) is 2.74. The lowest BCUT2D eigenvalue weighted by Crippen LogP contribution is -2.23. The van der Waals surface area contributed by atoms with Crippen LogP contribution in [0.1, 0.15) is 42.8 Å². The standard InChI is InChI=1S/C20H22N2O4S/c1-3-5-11-22-18(23)14-8-6-7-9-16(14)21-20(22)27-13-17-15(10-12-26-17)19(24)25-4-2/h6-10,12H,3-5,11,13H2,1-2H3. The maximum absolute atomic E-state index is 12.9. The monoisotopic (exact) mass is 386 g/mol. The van der Waals surface area contributed by atoms with Crippen molar-refractivity contribution in [3.63, 3.8) is 0 Å². The van der Waals surface area contributed by atoms with Crippen LogP contribution in [0.3, 0.4) is 0 Å². The number of furan rings is 1. The van der Waals surface area contributed by atoms with Crippen LogP contribution in [0.5, 0.6) is 0 Å². The Hall–Kier alpha value is -2.54. The van der Waals surface area contributed by atoms with Crippen LogP contribution >= 0.6 is 11.8 Å². The summed E-state index contributed by atoms with van der Waals surface area (Å²) in [4.78, 5) is 29.6. The van der Waals surface area contributed by atoms with E-state index in [1.165, 1.54) is 18.0 Å². The highest BCUT2D eigenvalue weighted by Gasteiger charge is 2.18. The quantitative estimate of drug-likeness (QED) is 0.327. The zero-order valence-corrected chi connectivity index (χ0v) is 16.3. The molecule has 2 aromatic heterocycles. The average Bonchev–Trinajstić information content (AvgIpc) is 3.15. The highest BCUT2D eigenvalue weighted by molar-refractivity contribution is 7.98. The van der Waals surface area contributed by atoms with E-state index in [2.05, 4.69) is 11.9 Å². The first-order chi connectivity index (χ1) is 13.2. The summed E-state index contributed by atoms with van der Waals surface area (Å²) < 4.78 is 12.2. The number of ether oxygens (including phenoxy) is 1. The van der Waals surface area contributed by atoms with Crippen LogP contribution in [-0.4, -0.2) is 22.1 Å². The van der Waals surface area contributed by atoms with E-state index in [0.717, 1.165) is 12.8 Å². The van der Waals surface area contributed by atoms with Crippen molar-refractivity contribution in [2.24, 2.45) is 0 Å². The lowest BCUT2D eigenvalue weighted by molar-refractivity contribution is 0.0524. The molecule has 0 saturated carbocycles. The van der Waals surface area contributed by atoms with E-state index < -0.39 is 5.97 Å². The number of carbonyl (C=O) groups is 1. The number of benzene rings is 1. The SMILES string of the molecule is CCCCn1c(SCc2occc2C(=O)OCC)nc2ccccc2c1=O. The maximum Gasteiger partial charge on any atom is 0.341 e. The first-order valence-corrected chi connectivity index (χ1v) is 10.00. The van der Waals surface area contributed by atoms with Crippen molar-refractivity contribution in [2.75, 3.05) is 6.61 Å². The van der Waals surface area contributed by atoms with E-state index in [1.807, 2.05) is 18.2 Å². The Labute approximate surface area is 161 Å². The number of rotatable bonds is 8. The predicted molar refractivity (Wildman–Crippen MR) is 105 cm³/mol. The van der Waals surface area contributed by atoms with E-state index in [-0.39, 0.29) is 5.56 Å². The summed E-state index contributed by atoms with van der Waals surface area (Å²) >= 11 is 1.38. The van der Waals surface area contributed by atoms with Crippen molar-refractivity contribution < 1.29 is 13.9 Å². The first kappa shape index (κ1) is 19.2. The molecule has 0 atom stereocenters. The lowest BCUT2D eigenvalue weighted by atomic mass is 10.2. The molecular weight excluding hydrogens is 364 g/mol. The van der Waals surface area contributed by atoms with Gasteiger partial charge in [-0.15, -0.1) is 0 Å². The topological polar surface area (TPSA) is 74.3 Å². The van der Waals surface area contributed by atoms with Crippen LogP contribution in [0.25, 0.3) is 10.9 Å². The number of aromatic nitrogens is 2. The molecule has 27 heavy (non-hydrogen) atoms. The van der Waals surface area contributed by atoms with Crippen LogP contribution in [0, 0.1) is 0 Å². The average molecular weight is 386 g/mol. The molecule has 3 rings (SSSR count). The fraction of sp³-hybridized carbons (Fsp3) is 0.350. The van der Waals surface area contributed by atoms with Crippen molar-refractivity contribution in [2.45, 2.75) is 44.1 Å². The zero-order chi connectivity index (χ0) is 19.2. The molecule has 0 bridgehead atoms. The molecule has 6 nitrogen and oxygen atoms in total. The molecule has 0 unspecified atom stereocenters. The molecule has 0 aliphatic carbocycles. The zero-order valence-electron chi connectivity index (χ0n) is 15.4. The van der Waals surface area contributed by atoms with Gasteiger partial charge in [0.15, 0.2) is 5.16 Å². The van der Waals surface area contributed by atoms with E-state index >= 15 is 0 Å². The predicted octanol–water partition coefficient (Wildman–Crippen LogP) is 4.26. The summed E-state index contributed by atoms with van der Waals surface area (Å²) in [6.45, 7) is 4.76. The number of fused-ring (bicyclic) bond motifs is 1. The van der Waals surface area contributed by atoms with Crippen LogP contribution in [-0.2, 0) is 17.0 Å². The largest absolute Gasteiger partial charge is 0.468 e. The molecule has 0 spiro atoms. The second-order valence-corrected chi connectivity index (χ2v) is 6.93. The Balaban J connectivity index is 1.91. The van der Waals surface area contributed by atoms with Gasteiger partial charge in [0.25, 0.3) is 5.56 Å². The molecule has 0 aliphatic rings. The Morgan fingerprint density at radius 1 is 1.26 bits per heavy atom. The van der Waals surface area contributed by atoms with Crippen LogP contribution in [0.2, 0.25) is 0 Å². The first-order valence-electron chi connectivity index (χ1n) is 9.01. The summed E-state index contributed by atoms with van der Waals surface area (Å²) in [6.07, 6.45) is 3.34.